The van der Waals surface area contributed by atoms with E-state index < -0.39 is 35.5 Å². The van der Waals surface area contributed by atoms with Crippen LogP contribution in [0, 0.1) is 11.3 Å². The number of amides is 1. The largest absolute Gasteiger partial charge is 0.481 e. The highest BCUT2D eigenvalue weighted by Crippen LogP contribution is 2.44. The third-order valence-corrected chi connectivity index (χ3v) is 5.14. The summed E-state index contributed by atoms with van der Waals surface area (Å²) in [6.45, 7) is 2.75. The van der Waals surface area contributed by atoms with E-state index in [1.807, 2.05) is 48.5 Å². The van der Waals surface area contributed by atoms with E-state index in [1.54, 1.807) is 0 Å². The van der Waals surface area contributed by atoms with Crippen LogP contribution in [0.2, 0.25) is 0 Å². The molecule has 1 aliphatic rings. The molecule has 0 spiro atoms. The third kappa shape index (κ3) is 4.03. The lowest BCUT2D eigenvalue weighted by molar-refractivity contribution is -0.139. The van der Waals surface area contributed by atoms with Crippen molar-refractivity contribution in [2.75, 3.05) is 6.61 Å². The number of ketones is 1. The average molecular weight is 394 g/mol. The summed E-state index contributed by atoms with van der Waals surface area (Å²) in [7, 11) is 0. The highest BCUT2D eigenvalue weighted by molar-refractivity contribution is 6.43. The van der Waals surface area contributed by atoms with Crippen LogP contribution in [0.3, 0.4) is 0 Å². The maximum Gasteiger partial charge on any atom is 0.407 e. The van der Waals surface area contributed by atoms with Gasteiger partial charge in [0.05, 0.1) is 17.7 Å². The molecule has 150 valence electrons. The molecule has 1 aliphatic carbocycles. The van der Waals surface area contributed by atoms with Gasteiger partial charge in [-0.3, -0.25) is 9.59 Å². The molecule has 0 heterocycles. The van der Waals surface area contributed by atoms with Gasteiger partial charge in [-0.1, -0.05) is 48.5 Å². The number of ether oxygens (including phenoxy) is 1. The second-order valence-corrected chi connectivity index (χ2v) is 7.03. The van der Waals surface area contributed by atoms with E-state index in [4.69, 9.17) is 15.3 Å². The summed E-state index contributed by atoms with van der Waals surface area (Å²) >= 11 is 0. The molecule has 0 unspecified atom stereocenters. The molecular formula is C22H22N2O5. The summed E-state index contributed by atoms with van der Waals surface area (Å²) in [4.78, 5) is 35.3. The van der Waals surface area contributed by atoms with Crippen molar-refractivity contribution < 1.29 is 24.2 Å². The average Bonchev–Trinajstić information content (AvgIpc) is 3.04. The highest BCUT2D eigenvalue weighted by atomic mass is 16.5. The molecule has 0 aliphatic heterocycles. The number of nitrogens with one attached hydrogen (secondary N) is 2. The maximum absolute atomic E-state index is 12.2. The lowest BCUT2D eigenvalue weighted by Gasteiger charge is -2.17. The summed E-state index contributed by atoms with van der Waals surface area (Å²) in [6.07, 6.45) is -0.788. The molecule has 29 heavy (non-hydrogen) atoms. The minimum atomic E-state index is -1.27. The lowest BCUT2D eigenvalue weighted by atomic mass is 9.98. The SMILES string of the molecule is C[C@@H](C(=N)C(=O)[C@@H](C)NC(=O)OCC1c2ccccc2-c2ccccc21)C(=O)O. The molecule has 0 bridgehead atoms. The van der Waals surface area contributed by atoms with E-state index in [9.17, 15) is 14.4 Å². The molecule has 3 N–H and O–H groups in total. The number of carboxylic acid groups (broad SMARTS) is 1. The number of Topliss-reactive ketones (excluding diaryl/α,β-unsaturated/α-hetero) is 1. The van der Waals surface area contributed by atoms with Gasteiger partial charge in [0.25, 0.3) is 0 Å². The first-order valence-corrected chi connectivity index (χ1v) is 9.28. The van der Waals surface area contributed by atoms with Gasteiger partial charge in [-0.05, 0) is 36.1 Å². The zero-order valence-corrected chi connectivity index (χ0v) is 16.1. The number of hydrogen-bond donors (Lipinski definition) is 3. The van der Waals surface area contributed by atoms with Crippen molar-refractivity contribution >= 4 is 23.6 Å². The van der Waals surface area contributed by atoms with Gasteiger partial charge in [-0.25, -0.2) is 4.79 Å². The molecule has 7 heteroatoms. The monoisotopic (exact) mass is 394 g/mol. The Kier molecular flexibility index (Phi) is 5.77. The maximum atomic E-state index is 12.2. The molecule has 0 saturated heterocycles. The molecule has 0 radical (unpaired) electrons. The van der Waals surface area contributed by atoms with Gasteiger partial charge in [0, 0.05) is 5.92 Å². The minimum Gasteiger partial charge on any atom is -0.481 e. The molecular weight excluding hydrogens is 372 g/mol. The van der Waals surface area contributed by atoms with Gasteiger partial charge in [-0.2, -0.15) is 0 Å². The van der Waals surface area contributed by atoms with Crippen molar-refractivity contribution in [1.82, 2.24) is 5.32 Å². The number of benzene rings is 2. The molecule has 0 fully saturated rings. The fourth-order valence-corrected chi connectivity index (χ4v) is 3.45. The standard InChI is InChI=1S/C22H22N2O5/c1-12(21(26)27)19(23)20(25)13(2)24-22(28)29-11-18-16-9-5-3-7-14(16)15-8-4-6-10-17(15)18/h3-10,12-13,18,23H,11H2,1-2H3,(H,24,28)(H,26,27)/t12-,13+/m0/s1. The Morgan fingerprint density at radius 2 is 1.55 bits per heavy atom. The van der Waals surface area contributed by atoms with Gasteiger partial charge < -0.3 is 20.6 Å². The minimum absolute atomic E-state index is 0.101. The van der Waals surface area contributed by atoms with Crippen LogP contribution in [0.25, 0.3) is 11.1 Å². The van der Waals surface area contributed by atoms with E-state index in [2.05, 4.69) is 5.32 Å². The topological polar surface area (TPSA) is 117 Å². The quantitative estimate of drug-likeness (QED) is 0.624. The first-order valence-electron chi connectivity index (χ1n) is 9.28. The summed E-state index contributed by atoms with van der Waals surface area (Å²) in [6, 6.07) is 14.8. The van der Waals surface area contributed by atoms with Gasteiger partial charge in [0.2, 0.25) is 0 Å². The van der Waals surface area contributed by atoms with Gasteiger partial charge in [0.1, 0.15) is 6.61 Å². The normalized spacial score (nSPS) is 14.3. The van der Waals surface area contributed by atoms with Crippen molar-refractivity contribution in [2.24, 2.45) is 5.92 Å². The molecule has 2 aromatic rings. The first-order chi connectivity index (χ1) is 13.8. The molecule has 1 amide bonds. The van der Waals surface area contributed by atoms with E-state index in [1.165, 1.54) is 13.8 Å². The summed E-state index contributed by atoms with van der Waals surface area (Å²) in [5.74, 6) is -3.37. The fourth-order valence-electron chi connectivity index (χ4n) is 3.45. The second kappa shape index (κ2) is 8.26. The highest BCUT2D eigenvalue weighted by Gasteiger charge is 2.30. The van der Waals surface area contributed by atoms with E-state index in [-0.39, 0.29) is 12.5 Å². The number of aliphatic carboxylic acids is 1. The number of alkyl carbamates (subject to hydrolysis) is 1. The van der Waals surface area contributed by atoms with Crippen LogP contribution < -0.4 is 5.32 Å². The predicted molar refractivity (Wildman–Crippen MR) is 107 cm³/mol. The smallest absolute Gasteiger partial charge is 0.407 e. The summed E-state index contributed by atoms with van der Waals surface area (Å²) < 4.78 is 5.36. The summed E-state index contributed by atoms with van der Waals surface area (Å²) in [5, 5.41) is 19.0. The van der Waals surface area contributed by atoms with E-state index >= 15 is 0 Å². The number of hydrogen-bond acceptors (Lipinski definition) is 5. The Morgan fingerprint density at radius 3 is 2.07 bits per heavy atom. The van der Waals surface area contributed by atoms with E-state index in [0.29, 0.717) is 0 Å². The second-order valence-electron chi connectivity index (χ2n) is 7.03. The first kappa shape index (κ1) is 20.3. The Labute approximate surface area is 168 Å². The van der Waals surface area contributed by atoms with Gasteiger partial charge in [-0.15, -0.1) is 0 Å². The van der Waals surface area contributed by atoms with Gasteiger partial charge >= 0.3 is 12.1 Å². The van der Waals surface area contributed by atoms with Crippen molar-refractivity contribution in [3.63, 3.8) is 0 Å². The Bertz CT molecular complexity index is 939. The predicted octanol–water partition coefficient (Wildman–Crippen LogP) is 3.22. The van der Waals surface area contributed by atoms with Crippen LogP contribution in [-0.4, -0.2) is 41.3 Å². The molecule has 7 nitrogen and oxygen atoms in total. The number of rotatable bonds is 7. The Hall–Kier alpha value is -3.48. The van der Waals surface area contributed by atoms with Crippen molar-refractivity contribution in [3.8, 4) is 11.1 Å². The van der Waals surface area contributed by atoms with Crippen LogP contribution in [-0.2, 0) is 14.3 Å². The van der Waals surface area contributed by atoms with Crippen molar-refractivity contribution in [1.29, 1.82) is 5.41 Å². The van der Waals surface area contributed by atoms with Crippen LogP contribution in [0.1, 0.15) is 30.9 Å². The Morgan fingerprint density at radius 1 is 1.03 bits per heavy atom. The number of carboxylic acids is 1. The van der Waals surface area contributed by atoms with Crippen LogP contribution >= 0.6 is 0 Å². The third-order valence-electron chi connectivity index (χ3n) is 5.14. The van der Waals surface area contributed by atoms with Crippen LogP contribution in [0.15, 0.2) is 48.5 Å². The fraction of sp³-hybridized carbons (Fsp3) is 0.273. The molecule has 0 saturated carbocycles. The number of carbonyl (C=O) groups excluding carboxylic acids is 2. The zero-order chi connectivity index (χ0) is 21.1. The van der Waals surface area contributed by atoms with Crippen molar-refractivity contribution in [2.45, 2.75) is 25.8 Å². The Balaban J connectivity index is 1.63. The van der Waals surface area contributed by atoms with E-state index in [0.717, 1.165) is 22.3 Å². The molecule has 2 atom stereocenters. The van der Waals surface area contributed by atoms with Crippen LogP contribution in [0.4, 0.5) is 4.79 Å². The number of carbonyl (C=O) groups is 3. The summed E-state index contributed by atoms with van der Waals surface area (Å²) in [5.41, 5.74) is 3.79. The molecule has 3 rings (SSSR count). The zero-order valence-electron chi connectivity index (χ0n) is 16.1. The lowest BCUT2D eigenvalue weighted by Crippen LogP contribution is -2.44. The molecule has 0 aromatic heterocycles. The number of fused-ring (bicyclic) bond motifs is 3. The van der Waals surface area contributed by atoms with Crippen LogP contribution in [0.5, 0.6) is 0 Å². The molecule has 2 aromatic carbocycles. The van der Waals surface area contributed by atoms with Gasteiger partial charge in [0.15, 0.2) is 5.78 Å². The van der Waals surface area contributed by atoms with Crippen molar-refractivity contribution in [3.05, 3.63) is 59.7 Å².